The number of carbonyl (C=O) groups excluding carboxylic acids is 1. The van der Waals surface area contributed by atoms with Crippen molar-refractivity contribution in [2.75, 3.05) is 11.9 Å². The zero-order valence-corrected chi connectivity index (χ0v) is 14.7. The van der Waals surface area contributed by atoms with Gasteiger partial charge in [-0.15, -0.1) is 0 Å². The molecule has 1 amide bonds. The van der Waals surface area contributed by atoms with Crippen molar-refractivity contribution < 1.29 is 4.79 Å². The van der Waals surface area contributed by atoms with Gasteiger partial charge in [-0.2, -0.15) is 5.10 Å². The number of hydrogen-bond acceptors (Lipinski definition) is 2. The molecule has 0 aliphatic heterocycles. The van der Waals surface area contributed by atoms with Crippen molar-refractivity contribution in [1.29, 1.82) is 0 Å². The molecule has 0 fully saturated rings. The van der Waals surface area contributed by atoms with E-state index in [2.05, 4.69) is 5.10 Å². The van der Waals surface area contributed by atoms with E-state index in [1.165, 1.54) is 0 Å². The average molecular weight is 331 g/mol. The third kappa shape index (κ3) is 3.53. The van der Waals surface area contributed by atoms with E-state index in [0.29, 0.717) is 0 Å². The summed E-state index contributed by atoms with van der Waals surface area (Å²) >= 11 is 0. The van der Waals surface area contributed by atoms with Gasteiger partial charge in [0.2, 0.25) is 0 Å². The van der Waals surface area contributed by atoms with Crippen LogP contribution in [-0.4, -0.2) is 22.7 Å². The molecule has 0 aliphatic carbocycles. The molecule has 0 radical (unpaired) electrons. The minimum atomic E-state index is -0.0718. The number of anilines is 1. The summed E-state index contributed by atoms with van der Waals surface area (Å²) in [6, 6.07) is 19.6. The van der Waals surface area contributed by atoms with Gasteiger partial charge in [0, 0.05) is 30.1 Å². The van der Waals surface area contributed by atoms with Crippen LogP contribution >= 0.6 is 0 Å². The second kappa shape index (κ2) is 7.18. The maximum Gasteiger partial charge on any atom is 0.250 e. The predicted molar refractivity (Wildman–Crippen MR) is 102 cm³/mol. The van der Waals surface area contributed by atoms with Crippen LogP contribution in [0, 0.1) is 13.8 Å². The van der Waals surface area contributed by atoms with Crippen molar-refractivity contribution in [1.82, 2.24) is 9.78 Å². The highest BCUT2D eigenvalue weighted by Crippen LogP contribution is 2.19. The molecule has 1 aromatic heterocycles. The lowest BCUT2D eigenvalue weighted by atomic mass is 10.1. The smallest absolute Gasteiger partial charge is 0.250 e. The molecule has 1 heterocycles. The van der Waals surface area contributed by atoms with Crippen molar-refractivity contribution in [2.45, 2.75) is 13.8 Å². The molecule has 0 saturated heterocycles. The van der Waals surface area contributed by atoms with Crippen LogP contribution in [0.5, 0.6) is 0 Å². The van der Waals surface area contributed by atoms with Gasteiger partial charge >= 0.3 is 0 Å². The summed E-state index contributed by atoms with van der Waals surface area (Å²) < 4.78 is 1.90. The van der Waals surface area contributed by atoms with Gasteiger partial charge in [0.25, 0.3) is 5.91 Å². The molecular weight excluding hydrogens is 310 g/mol. The van der Waals surface area contributed by atoms with Gasteiger partial charge in [-0.1, -0.05) is 36.4 Å². The fraction of sp³-hybridized carbons (Fsp3) is 0.143. The SMILES string of the molecule is Cc1nn(-c2ccccc2)c(C)c1C=CC(=O)N(C)c1ccccc1. The van der Waals surface area contributed by atoms with Crippen molar-refractivity contribution in [3.8, 4) is 5.69 Å². The van der Waals surface area contributed by atoms with Crippen LogP contribution in [0.15, 0.2) is 66.7 Å². The molecule has 3 aromatic rings. The molecule has 2 aromatic carbocycles. The molecule has 126 valence electrons. The summed E-state index contributed by atoms with van der Waals surface area (Å²) in [5.74, 6) is -0.0718. The van der Waals surface area contributed by atoms with E-state index < -0.39 is 0 Å². The van der Waals surface area contributed by atoms with Crippen molar-refractivity contribution >= 4 is 17.7 Å². The predicted octanol–water partition coefficient (Wildman–Crippen LogP) is 4.17. The van der Waals surface area contributed by atoms with Crippen LogP contribution in [-0.2, 0) is 4.79 Å². The first kappa shape index (κ1) is 16.7. The Bertz CT molecular complexity index is 896. The number of para-hydroxylation sites is 2. The molecule has 0 N–H and O–H groups in total. The van der Waals surface area contributed by atoms with Gasteiger partial charge in [0.15, 0.2) is 0 Å². The minimum Gasteiger partial charge on any atom is -0.312 e. The number of likely N-dealkylation sites (N-methyl/N-ethyl adjacent to an activating group) is 1. The summed E-state index contributed by atoms with van der Waals surface area (Å²) in [7, 11) is 1.77. The van der Waals surface area contributed by atoms with Crippen LogP contribution in [0.1, 0.15) is 17.0 Å². The highest BCUT2D eigenvalue weighted by Gasteiger charge is 2.12. The molecule has 4 heteroatoms. The number of amides is 1. The maximum absolute atomic E-state index is 12.4. The van der Waals surface area contributed by atoms with Crippen LogP contribution < -0.4 is 4.90 Å². The highest BCUT2D eigenvalue weighted by atomic mass is 16.2. The quantitative estimate of drug-likeness (QED) is 0.673. The van der Waals surface area contributed by atoms with Crippen molar-refractivity contribution in [2.24, 2.45) is 0 Å². The van der Waals surface area contributed by atoms with E-state index >= 15 is 0 Å². The van der Waals surface area contributed by atoms with Gasteiger partial charge in [0.1, 0.15) is 0 Å². The number of aryl methyl sites for hydroxylation is 1. The summed E-state index contributed by atoms with van der Waals surface area (Å²) in [4.78, 5) is 14.1. The third-order valence-electron chi connectivity index (χ3n) is 4.21. The number of carbonyl (C=O) groups is 1. The van der Waals surface area contributed by atoms with E-state index in [0.717, 1.165) is 28.3 Å². The fourth-order valence-corrected chi connectivity index (χ4v) is 2.76. The molecule has 3 rings (SSSR count). The molecule has 0 atom stereocenters. The van der Waals surface area contributed by atoms with Gasteiger partial charge in [-0.05, 0) is 44.2 Å². The van der Waals surface area contributed by atoms with Crippen molar-refractivity contribution in [3.05, 3.63) is 83.7 Å². The average Bonchev–Trinajstić information content (AvgIpc) is 2.94. The molecule has 0 spiro atoms. The molecular formula is C21H21N3O. The first-order chi connectivity index (χ1) is 12.1. The first-order valence-electron chi connectivity index (χ1n) is 8.20. The zero-order valence-electron chi connectivity index (χ0n) is 14.7. The Balaban J connectivity index is 1.85. The third-order valence-corrected chi connectivity index (χ3v) is 4.21. The monoisotopic (exact) mass is 331 g/mol. The van der Waals surface area contributed by atoms with E-state index in [1.807, 2.05) is 85.3 Å². The molecule has 0 saturated carbocycles. The van der Waals surface area contributed by atoms with E-state index in [4.69, 9.17) is 0 Å². The Labute approximate surface area is 148 Å². The Kier molecular flexibility index (Phi) is 4.80. The molecule has 0 bridgehead atoms. The summed E-state index contributed by atoms with van der Waals surface area (Å²) in [6.45, 7) is 3.97. The van der Waals surface area contributed by atoms with Gasteiger partial charge in [-0.3, -0.25) is 4.79 Å². The number of benzene rings is 2. The van der Waals surface area contributed by atoms with Crippen LogP contribution in [0.4, 0.5) is 5.69 Å². The molecule has 25 heavy (non-hydrogen) atoms. The summed E-state index contributed by atoms with van der Waals surface area (Å²) in [5, 5.41) is 4.60. The second-order valence-electron chi connectivity index (χ2n) is 5.90. The van der Waals surface area contributed by atoms with E-state index in [-0.39, 0.29) is 5.91 Å². The van der Waals surface area contributed by atoms with Gasteiger partial charge < -0.3 is 4.90 Å². The molecule has 4 nitrogen and oxygen atoms in total. The number of aromatic nitrogens is 2. The largest absolute Gasteiger partial charge is 0.312 e. The first-order valence-corrected chi connectivity index (χ1v) is 8.20. The number of rotatable bonds is 4. The topological polar surface area (TPSA) is 38.1 Å². The van der Waals surface area contributed by atoms with Crippen molar-refractivity contribution in [3.63, 3.8) is 0 Å². The van der Waals surface area contributed by atoms with Crippen LogP contribution in [0.2, 0.25) is 0 Å². The number of nitrogens with zero attached hydrogens (tertiary/aromatic N) is 3. The van der Waals surface area contributed by atoms with Gasteiger partial charge in [-0.25, -0.2) is 4.68 Å². The van der Waals surface area contributed by atoms with E-state index in [1.54, 1.807) is 18.0 Å². The van der Waals surface area contributed by atoms with Crippen LogP contribution in [0.3, 0.4) is 0 Å². The second-order valence-corrected chi connectivity index (χ2v) is 5.90. The zero-order chi connectivity index (χ0) is 17.8. The Morgan fingerprint density at radius 1 is 1.00 bits per heavy atom. The lowest BCUT2D eigenvalue weighted by Gasteiger charge is -2.14. The van der Waals surface area contributed by atoms with Gasteiger partial charge in [0.05, 0.1) is 11.4 Å². The lowest BCUT2D eigenvalue weighted by Crippen LogP contribution is -2.23. The summed E-state index contributed by atoms with van der Waals surface area (Å²) in [5.41, 5.74) is 4.75. The molecule has 0 unspecified atom stereocenters. The lowest BCUT2D eigenvalue weighted by molar-refractivity contribution is -0.113. The Morgan fingerprint density at radius 2 is 1.60 bits per heavy atom. The normalized spacial score (nSPS) is 11.0. The van der Waals surface area contributed by atoms with E-state index in [9.17, 15) is 4.79 Å². The number of hydrogen-bond donors (Lipinski definition) is 0. The fourth-order valence-electron chi connectivity index (χ4n) is 2.76. The maximum atomic E-state index is 12.4. The van der Waals surface area contributed by atoms with Crippen LogP contribution in [0.25, 0.3) is 11.8 Å². The molecule has 0 aliphatic rings. The Hall–Kier alpha value is -3.14. The highest BCUT2D eigenvalue weighted by molar-refractivity contribution is 6.03. The minimum absolute atomic E-state index is 0.0718. The Morgan fingerprint density at radius 3 is 2.24 bits per heavy atom. The standard InChI is InChI=1S/C21H21N3O/c1-16-20(17(2)24(22-16)19-12-8-5-9-13-19)14-15-21(25)23(3)18-10-6-4-7-11-18/h4-15H,1-3H3. The summed E-state index contributed by atoms with van der Waals surface area (Å²) in [6.07, 6.45) is 3.44.